The lowest BCUT2D eigenvalue weighted by Crippen LogP contribution is -2.65. The molecular weight excluding hydrogens is 540 g/mol. The number of hydrogen-bond acceptors (Lipinski definition) is 4. The van der Waals surface area contributed by atoms with Crippen molar-refractivity contribution in [2.24, 2.45) is 5.92 Å². The van der Waals surface area contributed by atoms with Gasteiger partial charge in [-0.05, 0) is 49.6 Å². The van der Waals surface area contributed by atoms with Gasteiger partial charge in [0.15, 0.2) is 23.1 Å². The van der Waals surface area contributed by atoms with Gasteiger partial charge in [0.2, 0.25) is 11.4 Å². The maximum Gasteiger partial charge on any atom is 0.278 e. The fraction of sp³-hybridized carbons (Fsp3) is 0.267. The van der Waals surface area contributed by atoms with E-state index in [1.54, 1.807) is 46.1 Å². The number of aromatic hydroxyl groups is 1. The van der Waals surface area contributed by atoms with Gasteiger partial charge in [0, 0.05) is 42.0 Å². The first-order valence-corrected chi connectivity index (χ1v) is 13.2. The minimum atomic E-state index is -3.04. The molecule has 0 aliphatic carbocycles. The van der Waals surface area contributed by atoms with Crippen molar-refractivity contribution in [2.45, 2.75) is 37.9 Å². The van der Waals surface area contributed by atoms with Crippen molar-refractivity contribution in [1.82, 2.24) is 14.1 Å². The number of amides is 1. The lowest BCUT2D eigenvalue weighted by molar-refractivity contribution is -0.0744. The largest absolute Gasteiger partial charge is 0.502 e. The summed E-state index contributed by atoms with van der Waals surface area (Å²) in [5, 5.41) is 12.4. The van der Waals surface area contributed by atoms with Gasteiger partial charge in [-0.3, -0.25) is 19.3 Å². The average molecular weight is 565 g/mol. The Kier molecular flexibility index (Phi) is 5.41. The van der Waals surface area contributed by atoms with Gasteiger partial charge in [-0.2, -0.15) is 0 Å². The van der Waals surface area contributed by atoms with E-state index in [9.17, 15) is 27.9 Å². The third kappa shape index (κ3) is 3.57. The minimum absolute atomic E-state index is 0.0142. The zero-order valence-electron chi connectivity index (χ0n) is 21.8. The maximum absolute atomic E-state index is 15.8. The van der Waals surface area contributed by atoms with Crippen LogP contribution in [0.4, 0.5) is 17.6 Å². The fourth-order valence-corrected chi connectivity index (χ4v) is 6.62. The van der Waals surface area contributed by atoms with E-state index in [0.717, 1.165) is 19.1 Å². The summed E-state index contributed by atoms with van der Waals surface area (Å²) in [4.78, 5) is 27.5. The molecule has 0 radical (unpaired) electrons. The monoisotopic (exact) mass is 564 g/mol. The van der Waals surface area contributed by atoms with Gasteiger partial charge in [-0.1, -0.05) is 24.3 Å². The Morgan fingerprint density at radius 1 is 0.951 bits per heavy atom. The number of fused-ring (bicyclic) bond motifs is 7. The fourth-order valence-electron chi connectivity index (χ4n) is 6.62. The number of hydrogen-bond donors (Lipinski definition) is 1. The van der Waals surface area contributed by atoms with Gasteiger partial charge in [0.05, 0.1) is 11.4 Å². The van der Waals surface area contributed by atoms with Gasteiger partial charge in [-0.25, -0.2) is 17.6 Å². The van der Waals surface area contributed by atoms with E-state index >= 15 is 4.39 Å². The SMILES string of the molecule is CC(F)(F)C1CCN2C(=O)c3c(O)c(=O)ccn3N(C3c4ccccc4-n4cccc4-c4c3ccc(F)c4F)C2C1. The van der Waals surface area contributed by atoms with Crippen LogP contribution in [0.25, 0.3) is 16.9 Å². The van der Waals surface area contributed by atoms with Crippen molar-refractivity contribution in [3.8, 4) is 22.7 Å². The van der Waals surface area contributed by atoms with Crippen molar-refractivity contribution >= 4 is 5.91 Å². The number of para-hydroxylation sites is 1. The molecule has 1 fully saturated rings. The predicted octanol–water partition coefficient (Wildman–Crippen LogP) is 5.18. The molecule has 3 unspecified atom stereocenters. The second kappa shape index (κ2) is 8.73. The Morgan fingerprint density at radius 3 is 2.51 bits per heavy atom. The molecule has 41 heavy (non-hydrogen) atoms. The molecule has 5 heterocycles. The molecule has 0 bridgehead atoms. The van der Waals surface area contributed by atoms with Crippen LogP contribution in [0.2, 0.25) is 0 Å². The smallest absolute Gasteiger partial charge is 0.278 e. The average Bonchev–Trinajstić information content (AvgIpc) is 3.39. The Morgan fingerprint density at radius 2 is 1.73 bits per heavy atom. The van der Waals surface area contributed by atoms with E-state index in [1.807, 2.05) is 6.07 Å². The summed E-state index contributed by atoms with van der Waals surface area (Å²) in [5.41, 5.74) is 0.874. The number of aromatic nitrogens is 2. The summed E-state index contributed by atoms with van der Waals surface area (Å²) in [6, 6.07) is 13.2. The highest BCUT2D eigenvalue weighted by atomic mass is 19.3. The van der Waals surface area contributed by atoms with Crippen LogP contribution < -0.4 is 10.4 Å². The van der Waals surface area contributed by atoms with Gasteiger partial charge < -0.3 is 14.6 Å². The highest BCUT2D eigenvalue weighted by Gasteiger charge is 2.50. The van der Waals surface area contributed by atoms with Crippen LogP contribution in [0.5, 0.6) is 5.75 Å². The van der Waals surface area contributed by atoms with Gasteiger partial charge in [0.1, 0.15) is 12.2 Å². The molecule has 4 aromatic rings. The molecule has 1 saturated heterocycles. The molecule has 1 amide bonds. The first-order chi connectivity index (χ1) is 19.6. The highest BCUT2D eigenvalue weighted by molar-refractivity contribution is 5.96. The van der Waals surface area contributed by atoms with E-state index < -0.39 is 52.8 Å². The zero-order valence-corrected chi connectivity index (χ0v) is 21.8. The van der Waals surface area contributed by atoms with Crippen LogP contribution >= 0.6 is 0 Å². The number of rotatable bonds is 2. The zero-order chi connectivity index (χ0) is 28.8. The molecule has 210 valence electrons. The molecule has 3 aliphatic heterocycles. The van der Waals surface area contributed by atoms with E-state index in [2.05, 4.69) is 0 Å². The van der Waals surface area contributed by atoms with Crippen molar-refractivity contribution in [3.05, 3.63) is 106 Å². The maximum atomic E-state index is 15.8. The molecule has 2 aromatic heterocycles. The van der Waals surface area contributed by atoms with Crippen LogP contribution in [0, 0.1) is 17.6 Å². The van der Waals surface area contributed by atoms with Gasteiger partial charge in [0.25, 0.3) is 5.91 Å². The second-order valence-corrected chi connectivity index (χ2v) is 10.8. The number of alkyl halides is 2. The van der Waals surface area contributed by atoms with Gasteiger partial charge in [-0.15, -0.1) is 0 Å². The molecule has 2 aromatic carbocycles. The number of carbonyl (C=O) groups excluding carboxylic acids is 1. The highest BCUT2D eigenvalue weighted by Crippen LogP contribution is 2.48. The van der Waals surface area contributed by atoms with E-state index in [1.165, 1.54) is 21.8 Å². The molecule has 3 aliphatic rings. The molecule has 7 nitrogen and oxygen atoms in total. The second-order valence-electron chi connectivity index (χ2n) is 10.8. The van der Waals surface area contributed by atoms with Crippen molar-refractivity contribution in [3.63, 3.8) is 0 Å². The third-order valence-corrected chi connectivity index (χ3v) is 8.54. The molecule has 1 N–H and O–H groups in total. The number of piperidine rings is 1. The molecule has 3 atom stereocenters. The van der Waals surface area contributed by atoms with E-state index in [0.29, 0.717) is 22.5 Å². The molecule has 11 heteroatoms. The summed E-state index contributed by atoms with van der Waals surface area (Å²) in [6.07, 6.45) is 1.96. The minimum Gasteiger partial charge on any atom is -0.502 e. The standard InChI is InChI=1S/C30H24F4N4O3/c1-30(33,34)16-10-13-36-23(15-16)38(37-14-11-22(39)28(40)27(37)29(36)41)26-17-5-2-3-6-20(17)35-12-4-7-21(35)24-18(26)8-9-19(31)25(24)32/h2-9,11-12,14,16,23,26,40H,10,13,15H2,1H3. The first kappa shape index (κ1) is 25.4. The van der Waals surface area contributed by atoms with Crippen molar-refractivity contribution in [1.29, 1.82) is 0 Å². The predicted molar refractivity (Wildman–Crippen MR) is 142 cm³/mol. The quantitative estimate of drug-likeness (QED) is 0.341. The van der Waals surface area contributed by atoms with Crippen LogP contribution in [0.1, 0.15) is 47.4 Å². The number of halogens is 4. The lowest BCUT2D eigenvalue weighted by Gasteiger charge is -2.53. The van der Waals surface area contributed by atoms with Crippen LogP contribution in [-0.2, 0) is 0 Å². The summed E-state index contributed by atoms with van der Waals surface area (Å²) in [5.74, 6) is -7.69. The van der Waals surface area contributed by atoms with Crippen LogP contribution in [0.15, 0.2) is 71.8 Å². The van der Waals surface area contributed by atoms with Crippen molar-refractivity contribution < 1.29 is 27.5 Å². The van der Waals surface area contributed by atoms with E-state index in [-0.39, 0.29) is 30.6 Å². The lowest BCUT2D eigenvalue weighted by atomic mass is 9.86. The Bertz CT molecular complexity index is 1790. The molecule has 7 rings (SSSR count). The van der Waals surface area contributed by atoms with Crippen LogP contribution in [0.3, 0.4) is 0 Å². The molecule has 0 saturated carbocycles. The number of carbonyl (C=O) groups is 1. The summed E-state index contributed by atoms with van der Waals surface area (Å²) < 4.78 is 63.0. The molecule has 0 spiro atoms. The third-order valence-electron chi connectivity index (χ3n) is 8.54. The Balaban J connectivity index is 1.57. The number of benzene rings is 2. The number of nitrogens with zero attached hydrogens (tertiary/aromatic N) is 4. The molecular formula is C30H24F4N4O3. The van der Waals surface area contributed by atoms with Gasteiger partial charge >= 0.3 is 0 Å². The Hall–Kier alpha value is -4.54. The van der Waals surface area contributed by atoms with Crippen molar-refractivity contribution in [2.75, 3.05) is 11.6 Å². The first-order valence-electron chi connectivity index (χ1n) is 13.2. The van der Waals surface area contributed by atoms with Crippen LogP contribution in [-0.4, -0.2) is 43.8 Å². The number of pyridine rings is 1. The summed E-state index contributed by atoms with van der Waals surface area (Å²) in [7, 11) is 0. The summed E-state index contributed by atoms with van der Waals surface area (Å²) in [6.45, 7) is 0.802. The normalized spacial score (nSPS) is 21.4. The van der Waals surface area contributed by atoms with E-state index in [4.69, 9.17) is 0 Å². The topological polar surface area (TPSA) is 70.7 Å². The summed E-state index contributed by atoms with van der Waals surface area (Å²) >= 11 is 0. The Labute approximate surface area is 231 Å².